The van der Waals surface area contributed by atoms with Crippen LogP contribution in [0.4, 0.5) is 4.39 Å². The molecule has 0 radical (unpaired) electrons. The second kappa shape index (κ2) is 4.90. The number of hydrogen-bond donors (Lipinski definition) is 1. The normalized spacial score (nSPS) is 10.6. The van der Waals surface area contributed by atoms with Crippen molar-refractivity contribution in [3.05, 3.63) is 42.0 Å². The van der Waals surface area contributed by atoms with E-state index in [0.29, 0.717) is 6.54 Å². The molecule has 2 N–H and O–H groups in total. The molecular weight excluding hydrogens is 207 g/mol. The van der Waals surface area contributed by atoms with E-state index in [-0.39, 0.29) is 5.82 Å². The van der Waals surface area contributed by atoms with Gasteiger partial charge in [0.1, 0.15) is 12.1 Å². The van der Waals surface area contributed by atoms with Crippen molar-refractivity contribution in [2.24, 2.45) is 5.73 Å². The highest BCUT2D eigenvalue weighted by Gasteiger charge is 2.09. The van der Waals surface area contributed by atoms with Crippen molar-refractivity contribution in [1.29, 1.82) is 0 Å². The fraction of sp³-hybridized carbons (Fsp3) is 0.250. The Kier molecular flexibility index (Phi) is 3.31. The number of rotatable bonds is 4. The van der Waals surface area contributed by atoms with Crippen LogP contribution in [-0.2, 0) is 6.42 Å². The Hall–Kier alpha value is -1.68. The maximum atomic E-state index is 12.8. The molecule has 2 rings (SSSR count). The SMILES string of the molecule is NCCCc1nocc1-c1ccc(F)cc1. The van der Waals surface area contributed by atoms with E-state index in [1.807, 2.05) is 0 Å². The van der Waals surface area contributed by atoms with Gasteiger partial charge in [0, 0.05) is 5.56 Å². The molecule has 0 aliphatic carbocycles. The summed E-state index contributed by atoms with van der Waals surface area (Å²) >= 11 is 0. The third-order valence-corrected chi connectivity index (χ3v) is 2.42. The van der Waals surface area contributed by atoms with Gasteiger partial charge in [0.25, 0.3) is 0 Å². The molecule has 0 aliphatic heterocycles. The van der Waals surface area contributed by atoms with Crippen molar-refractivity contribution >= 4 is 0 Å². The molecule has 0 amide bonds. The Morgan fingerprint density at radius 1 is 1.25 bits per heavy atom. The molecule has 0 atom stereocenters. The number of hydrogen-bond acceptors (Lipinski definition) is 3. The smallest absolute Gasteiger partial charge is 0.131 e. The molecule has 84 valence electrons. The zero-order chi connectivity index (χ0) is 11.4. The largest absolute Gasteiger partial charge is 0.364 e. The first-order valence-corrected chi connectivity index (χ1v) is 5.20. The van der Waals surface area contributed by atoms with Gasteiger partial charge in [-0.2, -0.15) is 0 Å². The molecule has 0 unspecified atom stereocenters. The monoisotopic (exact) mass is 220 g/mol. The van der Waals surface area contributed by atoms with Gasteiger partial charge in [0.15, 0.2) is 0 Å². The number of benzene rings is 1. The zero-order valence-corrected chi connectivity index (χ0v) is 8.82. The molecule has 1 aromatic heterocycles. The van der Waals surface area contributed by atoms with Gasteiger partial charge < -0.3 is 10.3 Å². The molecule has 1 heterocycles. The van der Waals surface area contributed by atoms with E-state index < -0.39 is 0 Å². The highest BCUT2D eigenvalue weighted by molar-refractivity contribution is 5.64. The van der Waals surface area contributed by atoms with Gasteiger partial charge in [-0.05, 0) is 37.1 Å². The van der Waals surface area contributed by atoms with Crippen LogP contribution >= 0.6 is 0 Å². The van der Waals surface area contributed by atoms with Crippen LogP contribution < -0.4 is 5.73 Å². The van der Waals surface area contributed by atoms with E-state index in [1.54, 1.807) is 18.4 Å². The number of aromatic nitrogens is 1. The van der Waals surface area contributed by atoms with Crippen molar-refractivity contribution in [1.82, 2.24) is 5.16 Å². The second-order valence-electron chi connectivity index (χ2n) is 3.57. The molecule has 16 heavy (non-hydrogen) atoms. The Morgan fingerprint density at radius 3 is 2.69 bits per heavy atom. The summed E-state index contributed by atoms with van der Waals surface area (Å²) in [6.45, 7) is 0.621. The minimum Gasteiger partial charge on any atom is -0.364 e. The summed E-state index contributed by atoms with van der Waals surface area (Å²) in [5.74, 6) is -0.247. The predicted octanol–water partition coefficient (Wildman–Crippen LogP) is 2.37. The molecule has 3 nitrogen and oxygen atoms in total. The highest BCUT2D eigenvalue weighted by Crippen LogP contribution is 2.23. The maximum Gasteiger partial charge on any atom is 0.131 e. The first-order valence-electron chi connectivity index (χ1n) is 5.20. The van der Waals surface area contributed by atoms with Crippen molar-refractivity contribution < 1.29 is 8.91 Å². The van der Waals surface area contributed by atoms with Crippen LogP contribution in [0.5, 0.6) is 0 Å². The lowest BCUT2D eigenvalue weighted by atomic mass is 10.0. The summed E-state index contributed by atoms with van der Waals surface area (Å²) in [5, 5.41) is 3.93. The van der Waals surface area contributed by atoms with Gasteiger partial charge >= 0.3 is 0 Å². The number of aryl methyl sites for hydroxylation is 1. The maximum absolute atomic E-state index is 12.8. The van der Waals surface area contributed by atoms with Crippen LogP contribution in [0.2, 0.25) is 0 Å². The number of halogens is 1. The Labute approximate surface area is 93.1 Å². The van der Waals surface area contributed by atoms with Gasteiger partial charge in [-0.15, -0.1) is 0 Å². The van der Waals surface area contributed by atoms with Crippen LogP contribution in [0.3, 0.4) is 0 Å². The summed E-state index contributed by atoms with van der Waals surface area (Å²) in [6.07, 6.45) is 3.22. The number of nitrogens with two attached hydrogens (primary N) is 1. The molecule has 0 bridgehead atoms. The van der Waals surface area contributed by atoms with E-state index >= 15 is 0 Å². The summed E-state index contributed by atoms with van der Waals surface area (Å²) in [5.41, 5.74) is 8.14. The van der Waals surface area contributed by atoms with E-state index in [2.05, 4.69) is 5.16 Å². The summed E-state index contributed by atoms with van der Waals surface area (Å²) < 4.78 is 17.7. The topological polar surface area (TPSA) is 52.0 Å². The van der Waals surface area contributed by atoms with Crippen LogP contribution in [0.1, 0.15) is 12.1 Å². The summed E-state index contributed by atoms with van der Waals surface area (Å²) in [6, 6.07) is 6.28. The second-order valence-corrected chi connectivity index (χ2v) is 3.57. The lowest BCUT2D eigenvalue weighted by Gasteiger charge is -2.00. The van der Waals surface area contributed by atoms with Crippen LogP contribution in [0.25, 0.3) is 11.1 Å². The quantitative estimate of drug-likeness (QED) is 0.860. The Balaban J connectivity index is 2.26. The number of nitrogens with zero attached hydrogens (tertiary/aromatic N) is 1. The van der Waals surface area contributed by atoms with Gasteiger partial charge in [0.05, 0.1) is 5.69 Å². The van der Waals surface area contributed by atoms with Crippen molar-refractivity contribution in [2.75, 3.05) is 6.54 Å². The molecule has 2 aromatic rings. The lowest BCUT2D eigenvalue weighted by Crippen LogP contribution is -2.01. The zero-order valence-electron chi connectivity index (χ0n) is 8.82. The molecule has 0 fully saturated rings. The molecule has 1 aromatic carbocycles. The Bertz CT molecular complexity index is 450. The van der Waals surface area contributed by atoms with Crippen LogP contribution in [0.15, 0.2) is 35.1 Å². The van der Waals surface area contributed by atoms with Crippen LogP contribution in [-0.4, -0.2) is 11.7 Å². The minimum absolute atomic E-state index is 0.247. The van der Waals surface area contributed by atoms with Gasteiger partial charge in [-0.3, -0.25) is 0 Å². The minimum atomic E-state index is -0.247. The molecule has 0 spiro atoms. The lowest BCUT2D eigenvalue weighted by molar-refractivity contribution is 0.411. The van der Waals surface area contributed by atoms with E-state index in [9.17, 15) is 4.39 Å². The van der Waals surface area contributed by atoms with Gasteiger partial charge in [0.2, 0.25) is 0 Å². The third-order valence-electron chi connectivity index (χ3n) is 2.42. The first-order chi connectivity index (χ1) is 7.81. The van der Waals surface area contributed by atoms with E-state index in [4.69, 9.17) is 10.3 Å². The fourth-order valence-electron chi connectivity index (χ4n) is 1.57. The average Bonchev–Trinajstić information content (AvgIpc) is 2.75. The van der Waals surface area contributed by atoms with E-state index in [0.717, 1.165) is 29.7 Å². The fourth-order valence-corrected chi connectivity index (χ4v) is 1.57. The van der Waals surface area contributed by atoms with Crippen molar-refractivity contribution in [3.63, 3.8) is 0 Å². The van der Waals surface area contributed by atoms with Gasteiger partial charge in [-0.25, -0.2) is 4.39 Å². The molecule has 4 heteroatoms. The molecule has 0 saturated heterocycles. The molecule has 0 saturated carbocycles. The van der Waals surface area contributed by atoms with E-state index in [1.165, 1.54) is 12.1 Å². The van der Waals surface area contributed by atoms with Crippen LogP contribution in [0, 0.1) is 5.82 Å². The standard InChI is InChI=1S/C12H13FN2O/c13-10-5-3-9(4-6-10)11-8-16-15-12(11)2-1-7-14/h3-6,8H,1-2,7,14H2. The van der Waals surface area contributed by atoms with Gasteiger partial charge in [-0.1, -0.05) is 17.3 Å². The summed E-state index contributed by atoms with van der Waals surface area (Å²) in [7, 11) is 0. The Morgan fingerprint density at radius 2 is 2.00 bits per heavy atom. The average molecular weight is 220 g/mol. The first kappa shape index (κ1) is 10.8. The van der Waals surface area contributed by atoms with Crippen molar-refractivity contribution in [3.8, 4) is 11.1 Å². The predicted molar refractivity (Wildman–Crippen MR) is 59.3 cm³/mol. The highest BCUT2D eigenvalue weighted by atomic mass is 19.1. The third kappa shape index (κ3) is 2.28. The van der Waals surface area contributed by atoms with Crippen molar-refractivity contribution in [2.45, 2.75) is 12.8 Å². The molecule has 0 aliphatic rings. The molecular formula is C12H13FN2O. The summed E-state index contributed by atoms with van der Waals surface area (Å²) in [4.78, 5) is 0.